The third kappa shape index (κ3) is 9.55. The summed E-state index contributed by atoms with van der Waals surface area (Å²) in [4.78, 5) is 0. The summed E-state index contributed by atoms with van der Waals surface area (Å²) in [7, 11) is 0. The normalized spacial score (nSPS) is 10.1. The van der Waals surface area contributed by atoms with Crippen molar-refractivity contribution in [2.45, 2.75) is 38.5 Å². The highest BCUT2D eigenvalue weighted by molar-refractivity contribution is 5.64. The molecular formula is C34H36O2. The molecular weight excluding hydrogens is 440 g/mol. The molecule has 0 heterocycles. The van der Waals surface area contributed by atoms with E-state index >= 15 is 0 Å². The Morgan fingerprint density at radius 2 is 0.972 bits per heavy atom. The largest absolute Gasteiger partial charge is 0.396 e. The predicted molar refractivity (Wildman–Crippen MR) is 152 cm³/mol. The second-order valence-corrected chi connectivity index (χ2v) is 8.67. The molecule has 0 aliphatic carbocycles. The Morgan fingerprint density at radius 3 is 1.50 bits per heavy atom. The highest BCUT2D eigenvalue weighted by atomic mass is 16.3. The van der Waals surface area contributed by atoms with E-state index < -0.39 is 0 Å². The Morgan fingerprint density at radius 1 is 0.472 bits per heavy atom. The van der Waals surface area contributed by atoms with Crippen molar-refractivity contribution in [1.82, 2.24) is 0 Å². The third-order valence-corrected chi connectivity index (χ3v) is 5.87. The van der Waals surface area contributed by atoms with Gasteiger partial charge in [-0.1, -0.05) is 115 Å². The molecule has 0 radical (unpaired) electrons. The van der Waals surface area contributed by atoms with Gasteiger partial charge in [-0.25, -0.2) is 0 Å². The second-order valence-electron chi connectivity index (χ2n) is 8.67. The van der Waals surface area contributed by atoms with Crippen molar-refractivity contribution in [3.63, 3.8) is 0 Å². The van der Waals surface area contributed by atoms with Crippen LogP contribution in [-0.4, -0.2) is 23.4 Å². The standard InChI is InChI=1S/C17H20O.C17H16O/c2*18-14-6-2-3-7-15-10-12-17(13-11-15)16-8-4-1-5-9-16/h1,4-5,8-13,18H,2-3,6-7,14H2;1,4-5,8-13,18H,2,6,14H2. The fourth-order valence-electron chi connectivity index (χ4n) is 3.82. The van der Waals surface area contributed by atoms with E-state index in [9.17, 15) is 0 Å². The summed E-state index contributed by atoms with van der Waals surface area (Å²) < 4.78 is 0. The van der Waals surface area contributed by atoms with Crippen molar-refractivity contribution in [1.29, 1.82) is 0 Å². The Kier molecular flexibility index (Phi) is 12.1. The molecule has 184 valence electrons. The molecule has 0 spiro atoms. The molecule has 0 saturated carbocycles. The Bertz CT molecular complexity index is 1170. The van der Waals surface area contributed by atoms with Crippen LogP contribution in [0.2, 0.25) is 0 Å². The van der Waals surface area contributed by atoms with E-state index in [1.165, 1.54) is 27.8 Å². The first-order chi connectivity index (χ1) is 17.8. The Balaban J connectivity index is 0.000000201. The van der Waals surface area contributed by atoms with Gasteiger partial charge in [0, 0.05) is 25.2 Å². The van der Waals surface area contributed by atoms with Crippen molar-refractivity contribution in [2.75, 3.05) is 13.2 Å². The van der Waals surface area contributed by atoms with Crippen molar-refractivity contribution < 1.29 is 10.2 Å². The van der Waals surface area contributed by atoms with Gasteiger partial charge in [-0.15, -0.1) is 0 Å². The third-order valence-electron chi connectivity index (χ3n) is 5.87. The van der Waals surface area contributed by atoms with Crippen LogP contribution in [0.15, 0.2) is 109 Å². The van der Waals surface area contributed by atoms with Crippen molar-refractivity contribution in [2.24, 2.45) is 0 Å². The number of rotatable bonds is 9. The highest BCUT2D eigenvalue weighted by Gasteiger charge is 1.98. The summed E-state index contributed by atoms with van der Waals surface area (Å²) in [6.07, 6.45) is 5.78. The molecule has 36 heavy (non-hydrogen) atoms. The maximum Gasteiger partial charge on any atom is 0.0440 e. The zero-order chi connectivity index (χ0) is 25.3. The van der Waals surface area contributed by atoms with Crippen LogP contribution < -0.4 is 0 Å². The quantitative estimate of drug-likeness (QED) is 0.194. The molecule has 4 aromatic rings. The smallest absolute Gasteiger partial charge is 0.0440 e. The molecule has 2 nitrogen and oxygen atoms in total. The molecule has 4 rings (SSSR count). The zero-order valence-electron chi connectivity index (χ0n) is 20.9. The first kappa shape index (κ1) is 27.0. The van der Waals surface area contributed by atoms with Crippen LogP contribution in [0.1, 0.15) is 43.2 Å². The monoisotopic (exact) mass is 476 g/mol. The molecule has 2 heteroatoms. The average molecular weight is 477 g/mol. The number of benzene rings is 4. The van der Waals surface area contributed by atoms with E-state index in [0.717, 1.165) is 44.1 Å². The van der Waals surface area contributed by atoms with Crippen molar-refractivity contribution in [3.05, 3.63) is 120 Å². The lowest BCUT2D eigenvalue weighted by molar-refractivity contribution is 0.283. The summed E-state index contributed by atoms with van der Waals surface area (Å²) in [5, 5.41) is 17.4. The van der Waals surface area contributed by atoms with E-state index in [0.29, 0.717) is 6.61 Å². The molecule has 0 aromatic heterocycles. The lowest BCUT2D eigenvalue weighted by atomic mass is 10.0. The Labute approximate surface area is 216 Å². The maximum atomic E-state index is 8.73. The number of aliphatic hydroxyl groups excluding tert-OH is 2. The fourth-order valence-corrected chi connectivity index (χ4v) is 3.82. The van der Waals surface area contributed by atoms with Gasteiger partial charge in [0.05, 0.1) is 0 Å². The van der Waals surface area contributed by atoms with Gasteiger partial charge in [-0.05, 0) is 65.6 Å². The van der Waals surface area contributed by atoms with E-state index in [1.807, 2.05) is 36.4 Å². The summed E-state index contributed by atoms with van der Waals surface area (Å²) in [5.41, 5.74) is 7.37. The molecule has 0 saturated heterocycles. The first-order valence-corrected chi connectivity index (χ1v) is 12.8. The minimum absolute atomic E-state index is 0.210. The zero-order valence-corrected chi connectivity index (χ0v) is 20.9. The average Bonchev–Trinajstić information content (AvgIpc) is 2.95. The van der Waals surface area contributed by atoms with E-state index in [4.69, 9.17) is 10.2 Å². The van der Waals surface area contributed by atoms with Crippen molar-refractivity contribution in [3.8, 4) is 34.1 Å². The van der Waals surface area contributed by atoms with E-state index in [2.05, 4.69) is 84.6 Å². The first-order valence-electron chi connectivity index (χ1n) is 12.8. The molecule has 0 bridgehead atoms. The number of aliphatic hydroxyl groups is 2. The molecule has 0 amide bonds. The molecule has 4 aromatic carbocycles. The molecule has 2 N–H and O–H groups in total. The number of aryl methyl sites for hydroxylation is 1. The van der Waals surface area contributed by atoms with E-state index in [-0.39, 0.29) is 6.61 Å². The fraction of sp³-hybridized carbons (Fsp3) is 0.235. The van der Waals surface area contributed by atoms with Crippen LogP contribution >= 0.6 is 0 Å². The van der Waals surface area contributed by atoms with Crippen LogP contribution in [0.4, 0.5) is 0 Å². The van der Waals surface area contributed by atoms with Crippen LogP contribution in [0.3, 0.4) is 0 Å². The van der Waals surface area contributed by atoms with Gasteiger partial charge in [0.15, 0.2) is 0 Å². The SMILES string of the molecule is OCCCC#Cc1ccc(-c2ccccc2)cc1.OCCCCCc1ccc(-c2ccccc2)cc1. The van der Waals surface area contributed by atoms with Gasteiger partial charge in [-0.3, -0.25) is 0 Å². The summed E-state index contributed by atoms with van der Waals surface area (Å²) in [6, 6.07) is 37.8. The lowest BCUT2D eigenvalue weighted by Gasteiger charge is -2.04. The van der Waals surface area contributed by atoms with Gasteiger partial charge in [0.1, 0.15) is 0 Å². The number of unbranched alkanes of at least 4 members (excludes halogenated alkanes) is 3. The van der Waals surface area contributed by atoms with Crippen LogP contribution in [0, 0.1) is 11.8 Å². The Hall–Kier alpha value is -3.64. The molecule has 0 atom stereocenters. The lowest BCUT2D eigenvalue weighted by Crippen LogP contribution is -1.88. The minimum Gasteiger partial charge on any atom is -0.396 e. The van der Waals surface area contributed by atoms with Gasteiger partial charge >= 0.3 is 0 Å². The van der Waals surface area contributed by atoms with Crippen LogP contribution in [0.25, 0.3) is 22.3 Å². The minimum atomic E-state index is 0.210. The number of hydrogen-bond acceptors (Lipinski definition) is 2. The van der Waals surface area contributed by atoms with Gasteiger partial charge in [0.2, 0.25) is 0 Å². The topological polar surface area (TPSA) is 40.5 Å². The van der Waals surface area contributed by atoms with Crippen molar-refractivity contribution >= 4 is 0 Å². The predicted octanol–water partition coefficient (Wildman–Crippen LogP) is 7.54. The van der Waals surface area contributed by atoms with Gasteiger partial charge in [-0.2, -0.15) is 0 Å². The van der Waals surface area contributed by atoms with Crippen LogP contribution in [-0.2, 0) is 6.42 Å². The van der Waals surface area contributed by atoms with Gasteiger partial charge in [0.25, 0.3) is 0 Å². The van der Waals surface area contributed by atoms with Gasteiger partial charge < -0.3 is 10.2 Å². The van der Waals surface area contributed by atoms with Crippen LogP contribution in [0.5, 0.6) is 0 Å². The molecule has 0 aliphatic heterocycles. The summed E-state index contributed by atoms with van der Waals surface area (Å²) in [5.74, 6) is 6.15. The van der Waals surface area contributed by atoms with E-state index in [1.54, 1.807) is 0 Å². The molecule has 0 unspecified atom stereocenters. The maximum absolute atomic E-state index is 8.73. The molecule has 0 fully saturated rings. The number of hydrogen-bond donors (Lipinski definition) is 2. The molecule has 0 aliphatic rings. The second kappa shape index (κ2) is 16.1. The summed E-state index contributed by atoms with van der Waals surface area (Å²) in [6.45, 7) is 0.522. The summed E-state index contributed by atoms with van der Waals surface area (Å²) >= 11 is 0. The highest BCUT2D eigenvalue weighted by Crippen LogP contribution is 2.20.